The molecule has 1 rings (SSSR count). The summed E-state index contributed by atoms with van der Waals surface area (Å²) < 4.78 is 0. The predicted octanol–water partition coefficient (Wildman–Crippen LogP) is 0.873. The van der Waals surface area contributed by atoms with Gasteiger partial charge in [-0.25, -0.2) is 4.79 Å². The minimum Gasteiger partial charge on any atom is -0.480 e. The molecule has 0 saturated heterocycles. The van der Waals surface area contributed by atoms with Crippen LogP contribution in [0.3, 0.4) is 0 Å². The van der Waals surface area contributed by atoms with Crippen molar-refractivity contribution in [3.8, 4) is 0 Å². The molecule has 0 heterocycles. The number of carbonyl (C=O) groups excluding carboxylic acids is 1. The van der Waals surface area contributed by atoms with E-state index in [2.05, 4.69) is 5.32 Å². The van der Waals surface area contributed by atoms with E-state index in [9.17, 15) is 14.4 Å². The standard InChI is InChI=1S/C13H17NO3.C3H7NO2/c1-9(2)12(13(16)17)14-11(15)8-10-6-4-3-5-7-10;1-2(4)3(5)6/h3-7,9,12H,8H2,1-2H3,(H,14,15)(H,16,17);2H,4H2,1H3,(H,5,6)/t12-;2-/m00/s1. The highest BCUT2D eigenvalue weighted by molar-refractivity contribution is 5.85. The molecular formula is C16H24N2O5. The van der Waals surface area contributed by atoms with Crippen molar-refractivity contribution in [1.29, 1.82) is 0 Å². The lowest BCUT2D eigenvalue weighted by Gasteiger charge is -2.17. The topological polar surface area (TPSA) is 130 Å². The first kappa shape index (κ1) is 20.6. The van der Waals surface area contributed by atoms with Crippen molar-refractivity contribution in [3.05, 3.63) is 35.9 Å². The largest absolute Gasteiger partial charge is 0.480 e. The van der Waals surface area contributed by atoms with Gasteiger partial charge in [0.2, 0.25) is 5.91 Å². The van der Waals surface area contributed by atoms with Crippen LogP contribution in [-0.4, -0.2) is 40.1 Å². The van der Waals surface area contributed by atoms with E-state index in [4.69, 9.17) is 15.9 Å². The van der Waals surface area contributed by atoms with Crippen LogP contribution < -0.4 is 11.1 Å². The Kier molecular flexibility index (Phi) is 9.26. The number of rotatable bonds is 6. The van der Waals surface area contributed by atoms with E-state index in [1.54, 1.807) is 13.8 Å². The van der Waals surface area contributed by atoms with E-state index in [1.807, 2.05) is 30.3 Å². The number of nitrogens with one attached hydrogen (secondary N) is 1. The second-order valence-corrected chi connectivity index (χ2v) is 5.42. The zero-order valence-corrected chi connectivity index (χ0v) is 13.5. The highest BCUT2D eigenvalue weighted by atomic mass is 16.4. The van der Waals surface area contributed by atoms with E-state index in [0.717, 1.165) is 5.56 Å². The van der Waals surface area contributed by atoms with Crippen molar-refractivity contribution in [3.63, 3.8) is 0 Å². The van der Waals surface area contributed by atoms with Crippen LogP contribution in [-0.2, 0) is 20.8 Å². The summed E-state index contributed by atoms with van der Waals surface area (Å²) >= 11 is 0. The molecule has 0 aromatic heterocycles. The maximum absolute atomic E-state index is 11.7. The Morgan fingerprint density at radius 3 is 1.87 bits per heavy atom. The van der Waals surface area contributed by atoms with Crippen molar-refractivity contribution >= 4 is 17.8 Å². The molecule has 0 bridgehead atoms. The normalized spacial score (nSPS) is 12.6. The molecule has 128 valence electrons. The van der Waals surface area contributed by atoms with Crippen LogP contribution in [0.15, 0.2) is 30.3 Å². The molecule has 7 heteroatoms. The molecule has 5 N–H and O–H groups in total. The Balaban J connectivity index is 0.000000688. The summed E-state index contributed by atoms with van der Waals surface area (Å²) in [6.07, 6.45) is 0.206. The second-order valence-electron chi connectivity index (χ2n) is 5.42. The number of aliphatic carboxylic acids is 2. The minimum absolute atomic E-state index is 0.132. The highest BCUT2D eigenvalue weighted by Gasteiger charge is 2.23. The summed E-state index contributed by atoms with van der Waals surface area (Å²) in [5.41, 5.74) is 5.71. The van der Waals surface area contributed by atoms with E-state index in [0.29, 0.717) is 0 Å². The lowest BCUT2D eigenvalue weighted by atomic mass is 10.0. The third kappa shape index (κ3) is 9.26. The molecule has 1 aromatic rings. The van der Waals surface area contributed by atoms with E-state index >= 15 is 0 Å². The lowest BCUT2D eigenvalue weighted by Crippen LogP contribution is -2.44. The zero-order valence-electron chi connectivity index (χ0n) is 13.5. The minimum atomic E-state index is -0.999. The summed E-state index contributed by atoms with van der Waals surface area (Å²) in [5, 5.41) is 19.3. The first-order valence-electron chi connectivity index (χ1n) is 7.19. The number of hydrogen-bond donors (Lipinski definition) is 4. The van der Waals surface area contributed by atoms with Crippen molar-refractivity contribution < 1.29 is 24.6 Å². The Hall–Kier alpha value is -2.41. The van der Waals surface area contributed by atoms with Gasteiger partial charge in [-0.15, -0.1) is 0 Å². The van der Waals surface area contributed by atoms with E-state index in [-0.39, 0.29) is 18.2 Å². The SMILES string of the molecule is CC(C)[C@H](NC(=O)Cc1ccccc1)C(=O)O.C[C@H](N)C(=O)O. The molecule has 0 saturated carbocycles. The summed E-state index contributed by atoms with van der Waals surface area (Å²) in [6, 6.07) is 7.68. The predicted molar refractivity (Wildman–Crippen MR) is 85.8 cm³/mol. The number of amides is 1. The molecule has 23 heavy (non-hydrogen) atoms. The van der Waals surface area contributed by atoms with Crippen LogP contribution in [0.4, 0.5) is 0 Å². The first-order chi connectivity index (χ1) is 10.6. The van der Waals surface area contributed by atoms with Gasteiger partial charge in [-0.3, -0.25) is 9.59 Å². The second kappa shape index (κ2) is 10.3. The number of nitrogens with two attached hydrogens (primary N) is 1. The molecule has 0 unspecified atom stereocenters. The fraction of sp³-hybridized carbons (Fsp3) is 0.438. The molecule has 0 spiro atoms. The van der Waals surface area contributed by atoms with Gasteiger partial charge < -0.3 is 21.3 Å². The number of carboxylic acid groups (broad SMARTS) is 2. The van der Waals surface area contributed by atoms with Gasteiger partial charge in [-0.05, 0) is 18.4 Å². The molecule has 1 aromatic carbocycles. The molecule has 1 amide bonds. The monoisotopic (exact) mass is 324 g/mol. The van der Waals surface area contributed by atoms with Gasteiger partial charge in [0.25, 0.3) is 0 Å². The van der Waals surface area contributed by atoms with Crippen LogP contribution in [0.1, 0.15) is 26.3 Å². The van der Waals surface area contributed by atoms with Gasteiger partial charge in [0, 0.05) is 0 Å². The Morgan fingerprint density at radius 2 is 1.52 bits per heavy atom. The maximum Gasteiger partial charge on any atom is 0.326 e. The van der Waals surface area contributed by atoms with Gasteiger partial charge in [0.05, 0.1) is 6.42 Å². The smallest absolute Gasteiger partial charge is 0.326 e. The fourth-order valence-electron chi connectivity index (χ4n) is 1.52. The molecule has 0 aliphatic heterocycles. The lowest BCUT2D eigenvalue weighted by molar-refractivity contribution is -0.143. The maximum atomic E-state index is 11.7. The van der Waals surface area contributed by atoms with Gasteiger partial charge in [0.15, 0.2) is 0 Å². The van der Waals surface area contributed by atoms with Crippen molar-refractivity contribution in [2.24, 2.45) is 11.7 Å². The van der Waals surface area contributed by atoms with Gasteiger partial charge in [-0.2, -0.15) is 0 Å². The average Bonchev–Trinajstić information content (AvgIpc) is 2.45. The van der Waals surface area contributed by atoms with Gasteiger partial charge >= 0.3 is 11.9 Å². The van der Waals surface area contributed by atoms with Crippen LogP contribution in [0.5, 0.6) is 0 Å². The number of hydrogen-bond acceptors (Lipinski definition) is 4. The molecular weight excluding hydrogens is 300 g/mol. The van der Waals surface area contributed by atoms with Crippen LogP contribution in [0, 0.1) is 5.92 Å². The molecule has 0 aliphatic carbocycles. The van der Waals surface area contributed by atoms with Crippen LogP contribution in [0.25, 0.3) is 0 Å². The van der Waals surface area contributed by atoms with E-state index < -0.39 is 24.0 Å². The number of carboxylic acids is 2. The summed E-state index contributed by atoms with van der Waals surface area (Å²) in [4.78, 5) is 32.1. The fourth-order valence-corrected chi connectivity index (χ4v) is 1.52. The molecule has 2 atom stereocenters. The Bertz CT molecular complexity index is 514. The van der Waals surface area contributed by atoms with Crippen LogP contribution in [0.2, 0.25) is 0 Å². The summed E-state index contributed by atoms with van der Waals surface area (Å²) in [7, 11) is 0. The zero-order chi connectivity index (χ0) is 18.0. The first-order valence-corrected chi connectivity index (χ1v) is 7.19. The van der Waals surface area contributed by atoms with Crippen molar-refractivity contribution in [2.45, 2.75) is 39.3 Å². The Labute approximate surface area is 135 Å². The number of benzene rings is 1. The molecule has 0 radical (unpaired) electrons. The average molecular weight is 324 g/mol. The van der Waals surface area contributed by atoms with Crippen molar-refractivity contribution in [2.75, 3.05) is 0 Å². The third-order valence-corrected chi connectivity index (χ3v) is 2.85. The highest BCUT2D eigenvalue weighted by Crippen LogP contribution is 2.04. The number of carbonyl (C=O) groups is 3. The quantitative estimate of drug-likeness (QED) is 0.614. The third-order valence-electron chi connectivity index (χ3n) is 2.85. The molecule has 7 nitrogen and oxygen atoms in total. The summed E-state index contributed by atoms with van der Waals surface area (Å²) in [5.74, 6) is -2.36. The Morgan fingerprint density at radius 1 is 1.04 bits per heavy atom. The van der Waals surface area contributed by atoms with Crippen LogP contribution >= 0.6 is 0 Å². The molecule has 0 aliphatic rings. The van der Waals surface area contributed by atoms with E-state index in [1.165, 1.54) is 6.92 Å². The van der Waals surface area contributed by atoms with Crippen molar-refractivity contribution in [1.82, 2.24) is 5.32 Å². The summed E-state index contributed by atoms with van der Waals surface area (Å²) in [6.45, 7) is 4.95. The van der Waals surface area contributed by atoms with Gasteiger partial charge in [0.1, 0.15) is 12.1 Å². The molecule has 0 fully saturated rings. The van der Waals surface area contributed by atoms with Gasteiger partial charge in [-0.1, -0.05) is 44.2 Å².